The molecule has 1 N–H and O–H groups in total. The third kappa shape index (κ3) is 3.37. The maximum Gasteiger partial charge on any atom is 0.245 e. The van der Waals surface area contributed by atoms with Crippen LogP contribution in [0.5, 0.6) is 0 Å². The molecule has 2 atom stereocenters. The van der Waals surface area contributed by atoms with Gasteiger partial charge < -0.3 is 19.4 Å². The smallest absolute Gasteiger partial charge is 0.245 e. The van der Waals surface area contributed by atoms with Crippen molar-refractivity contribution in [1.29, 1.82) is 0 Å². The Labute approximate surface area is 144 Å². The average molecular weight is 348 g/mol. The standard InChI is InChI=1S/C18H21FN2O4/c1-10-14-8-13(19)4-5-16(14)25-17(10)11(2)20-18(23)15-9-24-7-6-21(15)12(3)22/h4-5,8,11,15H,6-7,9H2,1-3H3,(H,20,23)/t11-,15-/m1/s1. The van der Waals surface area contributed by atoms with E-state index in [1.54, 1.807) is 13.0 Å². The lowest BCUT2D eigenvalue weighted by molar-refractivity contribution is -0.147. The Kier molecular flexibility index (Phi) is 4.76. The van der Waals surface area contributed by atoms with E-state index in [1.165, 1.54) is 24.0 Å². The van der Waals surface area contributed by atoms with E-state index >= 15 is 0 Å². The molecule has 1 aliphatic rings. The molecule has 1 aromatic heterocycles. The molecule has 25 heavy (non-hydrogen) atoms. The zero-order valence-electron chi connectivity index (χ0n) is 14.5. The van der Waals surface area contributed by atoms with E-state index in [9.17, 15) is 14.0 Å². The van der Waals surface area contributed by atoms with Gasteiger partial charge in [0.1, 0.15) is 23.2 Å². The minimum atomic E-state index is -0.657. The molecule has 0 bridgehead atoms. The summed E-state index contributed by atoms with van der Waals surface area (Å²) in [7, 11) is 0. The molecule has 0 saturated carbocycles. The van der Waals surface area contributed by atoms with Crippen LogP contribution in [0.2, 0.25) is 0 Å². The van der Waals surface area contributed by atoms with Crippen molar-refractivity contribution in [3.05, 3.63) is 35.3 Å². The Bertz CT molecular complexity index is 817. The molecule has 0 unspecified atom stereocenters. The molecule has 0 radical (unpaired) electrons. The number of rotatable bonds is 3. The summed E-state index contributed by atoms with van der Waals surface area (Å²) in [5.74, 6) is -0.226. The number of hydrogen-bond donors (Lipinski definition) is 1. The van der Waals surface area contributed by atoms with Crippen LogP contribution in [0.25, 0.3) is 11.0 Å². The highest BCUT2D eigenvalue weighted by atomic mass is 19.1. The lowest BCUT2D eigenvalue weighted by atomic mass is 10.1. The van der Waals surface area contributed by atoms with Gasteiger partial charge in [-0.1, -0.05) is 0 Å². The highest BCUT2D eigenvalue weighted by Gasteiger charge is 2.32. The summed E-state index contributed by atoms with van der Waals surface area (Å²) in [5, 5.41) is 3.55. The van der Waals surface area contributed by atoms with Gasteiger partial charge >= 0.3 is 0 Å². The molecule has 2 heterocycles. The molecule has 134 valence electrons. The summed E-state index contributed by atoms with van der Waals surface area (Å²) < 4.78 is 24.6. The quantitative estimate of drug-likeness (QED) is 0.924. The fourth-order valence-electron chi connectivity index (χ4n) is 3.20. The van der Waals surface area contributed by atoms with E-state index in [-0.39, 0.29) is 24.2 Å². The predicted molar refractivity (Wildman–Crippen MR) is 89.5 cm³/mol. The molecule has 1 saturated heterocycles. The SMILES string of the molecule is CC(=O)N1CCOC[C@@H]1C(=O)N[C@H](C)c1oc2ccc(F)cc2c1C. The number of morpholine rings is 1. The second kappa shape index (κ2) is 6.84. The fourth-order valence-corrected chi connectivity index (χ4v) is 3.20. The van der Waals surface area contributed by atoms with Crippen molar-refractivity contribution in [3.8, 4) is 0 Å². The van der Waals surface area contributed by atoms with Crippen LogP contribution in [0.3, 0.4) is 0 Å². The van der Waals surface area contributed by atoms with Crippen LogP contribution >= 0.6 is 0 Å². The third-order valence-corrected chi connectivity index (χ3v) is 4.52. The van der Waals surface area contributed by atoms with Gasteiger partial charge in [-0.3, -0.25) is 9.59 Å². The average Bonchev–Trinajstić information content (AvgIpc) is 2.91. The topological polar surface area (TPSA) is 71.8 Å². The number of benzene rings is 1. The zero-order chi connectivity index (χ0) is 18.1. The first kappa shape index (κ1) is 17.4. The van der Waals surface area contributed by atoms with Crippen LogP contribution in [0.1, 0.15) is 31.2 Å². The number of furan rings is 1. The summed E-state index contributed by atoms with van der Waals surface area (Å²) in [6, 6.07) is 3.25. The predicted octanol–water partition coefficient (Wildman–Crippen LogP) is 2.30. The van der Waals surface area contributed by atoms with Crippen LogP contribution in [-0.2, 0) is 14.3 Å². The number of halogens is 1. The molecule has 3 rings (SSSR count). The number of nitrogens with zero attached hydrogens (tertiary/aromatic N) is 1. The fraction of sp³-hybridized carbons (Fsp3) is 0.444. The zero-order valence-corrected chi connectivity index (χ0v) is 14.5. The van der Waals surface area contributed by atoms with Gasteiger partial charge in [-0.15, -0.1) is 0 Å². The van der Waals surface area contributed by atoms with Gasteiger partial charge in [0.15, 0.2) is 0 Å². The van der Waals surface area contributed by atoms with Crippen LogP contribution < -0.4 is 5.32 Å². The maximum atomic E-state index is 13.4. The Hall–Kier alpha value is -2.41. The summed E-state index contributed by atoms with van der Waals surface area (Å²) >= 11 is 0. The highest BCUT2D eigenvalue weighted by molar-refractivity contribution is 5.88. The van der Waals surface area contributed by atoms with Gasteiger partial charge in [-0.25, -0.2) is 4.39 Å². The van der Waals surface area contributed by atoms with Gasteiger partial charge in [0, 0.05) is 24.4 Å². The Morgan fingerprint density at radius 2 is 2.16 bits per heavy atom. The minimum Gasteiger partial charge on any atom is -0.459 e. The Morgan fingerprint density at radius 1 is 1.40 bits per heavy atom. The van der Waals surface area contributed by atoms with Crippen molar-refractivity contribution in [2.45, 2.75) is 32.9 Å². The normalized spacial score (nSPS) is 19.0. The van der Waals surface area contributed by atoms with E-state index in [0.717, 1.165) is 5.56 Å². The molecule has 1 aliphatic heterocycles. The molecular weight excluding hydrogens is 327 g/mol. The molecule has 1 aromatic carbocycles. The van der Waals surface area contributed by atoms with Gasteiger partial charge in [0.2, 0.25) is 11.8 Å². The van der Waals surface area contributed by atoms with Crippen LogP contribution in [-0.4, -0.2) is 42.5 Å². The molecule has 7 heteroatoms. The van der Waals surface area contributed by atoms with Gasteiger partial charge in [0.05, 0.1) is 19.3 Å². The molecule has 0 spiro atoms. The number of fused-ring (bicyclic) bond motifs is 1. The summed E-state index contributed by atoms with van der Waals surface area (Å²) in [6.45, 7) is 6.04. The van der Waals surface area contributed by atoms with Crippen LogP contribution in [0, 0.1) is 12.7 Å². The van der Waals surface area contributed by atoms with E-state index in [2.05, 4.69) is 5.32 Å². The van der Waals surface area contributed by atoms with Crippen LogP contribution in [0.15, 0.2) is 22.6 Å². The lowest BCUT2D eigenvalue weighted by Crippen LogP contribution is -2.55. The van der Waals surface area contributed by atoms with Gasteiger partial charge in [0.25, 0.3) is 0 Å². The molecular formula is C18H21FN2O4. The second-order valence-electron chi connectivity index (χ2n) is 6.27. The van der Waals surface area contributed by atoms with E-state index < -0.39 is 12.1 Å². The highest BCUT2D eigenvalue weighted by Crippen LogP contribution is 2.30. The molecule has 0 aliphatic carbocycles. The number of amides is 2. The number of carbonyl (C=O) groups is 2. The first-order valence-corrected chi connectivity index (χ1v) is 8.22. The van der Waals surface area contributed by atoms with E-state index in [0.29, 0.717) is 29.9 Å². The summed E-state index contributed by atoms with van der Waals surface area (Å²) in [6.07, 6.45) is 0. The monoisotopic (exact) mass is 348 g/mol. The van der Waals surface area contributed by atoms with Crippen molar-refractivity contribution < 1.29 is 23.1 Å². The van der Waals surface area contributed by atoms with Gasteiger partial charge in [-0.05, 0) is 32.0 Å². The molecule has 2 amide bonds. The molecule has 2 aromatic rings. The second-order valence-corrected chi connectivity index (χ2v) is 6.27. The summed E-state index contributed by atoms with van der Waals surface area (Å²) in [4.78, 5) is 25.8. The minimum absolute atomic E-state index is 0.161. The largest absolute Gasteiger partial charge is 0.459 e. The summed E-state index contributed by atoms with van der Waals surface area (Å²) in [5.41, 5.74) is 1.35. The number of carbonyl (C=O) groups excluding carboxylic acids is 2. The molecule has 6 nitrogen and oxygen atoms in total. The molecule has 1 fully saturated rings. The van der Waals surface area contributed by atoms with E-state index in [4.69, 9.17) is 9.15 Å². The third-order valence-electron chi connectivity index (χ3n) is 4.52. The van der Waals surface area contributed by atoms with Crippen molar-refractivity contribution in [3.63, 3.8) is 0 Å². The first-order valence-electron chi connectivity index (χ1n) is 8.22. The number of hydrogen-bond acceptors (Lipinski definition) is 4. The maximum absolute atomic E-state index is 13.4. The number of nitrogens with one attached hydrogen (secondary N) is 1. The van der Waals surface area contributed by atoms with Crippen molar-refractivity contribution in [2.75, 3.05) is 19.8 Å². The first-order chi connectivity index (χ1) is 11.9. The van der Waals surface area contributed by atoms with E-state index in [1.807, 2.05) is 6.92 Å². The van der Waals surface area contributed by atoms with Gasteiger partial charge in [-0.2, -0.15) is 0 Å². The lowest BCUT2D eigenvalue weighted by Gasteiger charge is -2.34. The van der Waals surface area contributed by atoms with Crippen LogP contribution in [0.4, 0.5) is 4.39 Å². The number of ether oxygens (including phenoxy) is 1. The van der Waals surface area contributed by atoms with Crippen molar-refractivity contribution in [1.82, 2.24) is 10.2 Å². The Morgan fingerprint density at radius 3 is 2.88 bits per heavy atom. The Balaban J connectivity index is 1.79. The van der Waals surface area contributed by atoms with Crippen molar-refractivity contribution in [2.24, 2.45) is 0 Å². The number of aryl methyl sites for hydroxylation is 1. The van der Waals surface area contributed by atoms with Crippen molar-refractivity contribution >= 4 is 22.8 Å².